The molecule has 0 aliphatic carbocycles. The first-order chi connectivity index (χ1) is 12.6. The Morgan fingerprint density at radius 3 is 2.88 bits per heavy atom. The fourth-order valence-corrected chi connectivity index (χ4v) is 3.65. The van der Waals surface area contributed by atoms with E-state index in [2.05, 4.69) is 5.32 Å². The lowest BCUT2D eigenvalue weighted by molar-refractivity contribution is -0.131. The molecule has 2 fully saturated rings. The van der Waals surface area contributed by atoms with Crippen molar-refractivity contribution in [2.45, 2.75) is 51.0 Å². The molecule has 1 atom stereocenters. The van der Waals surface area contributed by atoms with Gasteiger partial charge in [0.15, 0.2) is 5.76 Å². The fourth-order valence-electron chi connectivity index (χ4n) is 3.65. The third-order valence-corrected chi connectivity index (χ3v) is 5.09. The van der Waals surface area contributed by atoms with Crippen molar-refractivity contribution in [1.29, 1.82) is 0 Å². The molecule has 0 spiro atoms. The van der Waals surface area contributed by atoms with E-state index in [0.29, 0.717) is 38.2 Å². The minimum absolute atomic E-state index is 0.0463. The minimum Gasteiger partial charge on any atom is -0.459 e. The summed E-state index contributed by atoms with van der Waals surface area (Å²) >= 11 is 0. The smallest absolute Gasteiger partial charge is 0.289 e. The molecular weight excluding hydrogens is 334 g/mol. The van der Waals surface area contributed by atoms with Gasteiger partial charge in [0, 0.05) is 45.1 Å². The number of carbonyl (C=O) groups is 3. The molecule has 7 nitrogen and oxygen atoms in total. The molecule has 1 aromatic rings. The Kier molecular flexibility index (Phi) is 6.30. The van der Waals surface area contributed by atoms with Crippen molar-refractivity contribution >= 4 is 17.7 Å². The van der Waals surface area contributed by atoms with Crippen LogP contribution >= 0.6 is 0 Å². The number of hydrogen-bond donors (Lipinski definition) is 1. The van der Waals surface area contributed by atoms with Crippen molar-refractivity contribution in [3.63, 3.8) is 0 Å². The second kappa shape index (κ2) is 8.87. The molecule has 7 heteroatoms. The molecule has 2 aliphatic heterocycles. The standard InChI is InChI=1S/C19H27N3O4/c23-17(9-12-21-10-3-1-2-8-18(21)24)20-15-6-4-11-22(14-15)19(25)16-7-5-13-26-16/h5,7,13,15H,1-4,6,8-12,14H2,(H,20,23). The summed E-state index contributed by atoms with van der Waals surface area (Å²) in [7, 11) is 0. The Hall–Kier alpha value is -2.31. The van der Waals surface area contributed by atoms with Gasteiger partial charge in [0.05, 0.1) is 6.26 Å². The largest absolute Gasteiger partial charge is 0.459 e. The quantitative estimate of drug-likeness (QED) is 0.867. The van der Waals surface area contributed by atoms with Crippen molar-refractivity contribution < 1.29 is 18.8 Å². The second-order valence-corrected chi connectivity index (χ2v) is 7.08. The van der Waals surface area contributed by atoms with Crippen molar-refractivity contribution in [2.75, 3.05) is 26.2 Å². The van der Waals surface area contributed by atoms with Crippen LogP contribution in [0.3, 0.4) is 0 Å². The number of nitrogens with one attached hydrogen (secondary N) is 1. The summed E-state index contributed by atoms with van der Waals surface area (Å²) in [6.07, 6.45) is 7.14. The van der Waals surface area contributed by atoms with Crippen LogP contribution in [0.15, 0.2) is 22.8 Å². The molecule has 0 aromatic carbocycles. The van der Waals surface area contributed by atoms with E-state index in [9.17, 15) is 14.4 Å². The highest BCUT2D eigenvalue weighted by atomic mass is 16.3. The zero-order valence-corrected chi connectivity index (χ0v) is 15.1. The zero-order valence-electron chi connectivity index (χ0n) is 15.1. The maximum atomic E-state index is 12.4. The van der Waals surface area contributed by atoms with Crippen LogP contribution in [-0.2, 0) is 9.59 Å². The van der Waals surface area contributed by atoms with Gasteiger partial charge >= 0.3 is 0 Å². The Morgan fingerprint density at radius 2 is 2.08 bits per heavy atom. The van der Waals surface area contributed by atoms with E-state index in [-0.39, 0.29) is 23.8 Å². The van der Waals surface area contributed by atoms with E-state index in [1.165, 1.54) is 6.26 Å². The number of piperidine rings is 1. The number of amides is 3. The third-order valence-electron chi connectivity index (χ3n) is 5.09. The molecular formula is C19H27N3O4. The predicted molar refractivity (Wildman–Crippen MR) is 95.4 cm³/mol. The van der Waals surface area contributed by atoms with Crippen LogP contribution in [0.2, 0.25) is 0 Å². The van der Waals surface area contributed by atoms with Gasteiger partial charge in [-0.3, -0.25) is 14.4 Å². The van der Waals surface area contributed by atoms with E-state index < -0.39 is 0 Å². The van der Waals surface area contributed by atoms with Crippen LogP contribution in [0, 0.1) is 0 Å². The molecule has 1 N–H and O–H groups in total. The van der Waals surface area contributed by atoms with E-state index >= 15 is 0 Å². The lowest BCUT2D eigenvalue weighted by Crippen LogP contribution is -2.50. The highest BCUT2D eigenvalue weighted by Crippen LogP contribution is 2.15. The number of likely N-dealkylation sites (tertiary alicyclic amines) is 2. The van der Waals surface area contributed by atoms with Crippen LogP contribution in [-0.4, -0.2) is 59.7 Å². The average Bonchev–Trinajstić information content (AvgIpc) is 3.10. The highest BCUT2D eigenvalue weighted by molar-refractivity contribution is 5.91. The zero-order chi connectivity index (χ0) is 18.4. The van der Waals surface area contributed by atoms with Crippen LogP contribution in [0.25, 0.3) is 0 Å². The van der Waals surface area contributed by atoms with Crippen molar-refractivity contribution in [3.8, 4) is 0 Å². The minimum atomic E-state index is -0.135. The Balaban J connectivity index is 1.45. The van der Waals surface area contributed by atoms with Crippen LogP contribution < -0.4 is 5.32 Å². The summed E-state index contributed by atoms with van der Waals surface area (Å²) in [6.45, 7) is 2.40. The number of carbonyl (C=O) groups excluding carboxylic acids is 3. The second-order valence-electron chi connectivity index (χ2n) is 7.08. The molecule has 1 unspecified atom stereocenters. The molecule has 0 bridgehead atoms. The van der Waals surface area contributed by atoms with Crippen LogP contribution in [0.1, 0.15) is 55.5 Å². The molecule has 1 aromatic heterocycles. The van der Waals surface area contributed by atoms with Crippen LogP contribution in [0.4, 0.5) is 0 Å². The molecule has 2 saturated heterocycles. The molecule has 0 radical (unpaired) electrons. The lowest BCUT2D eigenvalue weighted by Gasteiger charge is -2.32. The topological polar surface area (TPSA) is 82.9 Å². The van der Waals surface area contributed by atoms with Crippen LogP contribution in [0.5, 0.6) is 0 Å². The maximum absolute atomic E-state index is 12.4. The number of furan rings is 1. The molecule has 3 heterocycles. The Bertz CT molecular complexity index is 629. The summed E-state index contributed by atoms with van der Waals surface area (Å²) in [5, 5.41) is 3.02. The van der Waals surface area contributed by atoms with Gasteiger partial charge in [0.1, 0.15) is 0 Å². The molecule has 2 aliphatic rings. The van der Waals surface area contributed by atoms with Crippen molar-refractivity contribution in [1.82, 2.24) is 15.1 Å². The van der Waals surface area contributed by atoms with Gasteiger partial charge < -0.3 is 19.5 Å². The third kappa shape index (κ3) is 4.86. The Morgan fingerprint density at radius 1 is 1.19 bits per heavy atom. The molecule has 142 valence electrons. The summed E-state index contributed by atoms with van der Waals surface area (Å²) in [6, 6.07) is 3.30. The van der Waals surface area contributed by atoms with E-state index in [4.69, 9.17) is 4.42 Å². The lowest BCUT2D eigenvalue weighted by atomic mass is 10.1. The Labute approximate surface area is 153 Å². The SMILES string of the molecule is O=C(CCN1CCCCCC1=O)NC1CCCN(C(=O)c2ccco2)C1. The predicted octanol–water partition coefficient (Wildman–Crippen LogP) is 1.79. The molecule has 3 rings (SSSR count). The van der Waals surface area contributed by atoms with Gasteiger partial charge in [-0.2, -0.15) is 0 Å². The van der Waals surface area contributed by atoms with Gasteiger partial charge in [-0.15, -0.1) is 0 Å². The van der Waals surface area contributed by atoms with Gasteiger partial charge in [-0.25, -0.2) is 0 Å². The molecule has 26 heavy (non-hydrogen) atoms. The number of nitrogens with zero attached hydrogens (tertiary/aromatic N) is 2. The highest BCUT2D eigenvalue weighted by Gasteiger charge is 2.27. The average molecular weight is 361 g/mol. The maximum Gasteiger partial charge on any atom is 0.289 e. The van der Waals surface area contributed by atoms with Gasteiger partial charge in [0.25, 0.3) is 5.91 Å². The first-order valence-corrected chi connectivity index (χ1v) is 9.53. The fraction of sp³-hybridized carbons (Fsp3) is 0.632. The normalized spacial score (nSPS) is 21.4. The van der Waals surface area contributed by atoms with Crippen molar-refractivity contribution in [2.24, 2.45) is 0 Å². The van der Waals surface area contributed by atoms with Gasteiger partial charge in [-0.05, 0) is 37.8 Å². The molecule has 0 saturated carbocycles. The summed E-state index contributed by atoms with van der Waals surface area (Å²) in [5.41, 5.74) is 0. The van der Waals surface area contributed by atoms with Gasteiger partial charge in [0.2, 0.25) is 11.8 Å². The van der Waals surface area contributed by atoms with E-state index in [0.717, 1.165) is 38.6 Å². The number of hydrogen-bond acceptors (Lipinski definition) is 4. The van der Waals surface area contributed by atoms with E-state index in [1.54, 1.807) is 21.9 Å². The monoisotopic (exact) mass is 361 g/mol. The molecule has 3 amide bonds. The first kappa shape index (κ1) is 18.5. The first-order valence-electron chi connectivity index (χ1n) is 9.53. The summed E-state index contributed by atoms with van der Waals surface area (Å²) < 4.78 is 5.17. The summed E-state index contributed by atoms with van der Waals surface area (Å²) in [4.78, 5) is 40.2. The summed E-state index contributed by atoms with van der Waals surface area (Å²) in [5.74, 6) is 0.295. The van der Waals surface area contributed by atoms with Gasteiger partial charge in [-0.1, -0.05) is 6.42 Å². The van der Waals surface area contributed by atoms with Crippen molar-refractivity contribution in [3.05, 3.63) is 24.2 Å². The number of rotatable bonds is 5. The van der Waals surface area contributed by atoms with E-state index in [1.807, 2.05) is 0 Å².